The summed E-state index contributed by atoms with van der Waals surface area (Å²) >= 11 is 0. The summed E-state index contributed by atoms with van der Waals surface area (Å²) in [5.74, 6) is -0.348. The topological polar surface area (TPSA) is 72.6 Å². The maximum Gasteiger partial charge on any atom is 0.146 e. The van der Waals surface area contributed by atoms with Crippen molar-refractivity contribution in [3.05, 3.63) is 113 Å². The fourth-order valence-corrected chi connectivity index (χ4v) is 3.17. The molecule has 6 heteroatoms. The molecule has 0 spiro atoms. The lowest BCUT2D eigenvalue weighted by Gasteiger charge is -2.28. The zero-order valence-electron chi connectivity index (χ0n) is 22.1. The van der Waals surface area contributed by atoms with Gasteiger partial charge in [-0.1, -0.05) is 45.4 Å². The molecule has 36 heavy (non-hydrogen) atoms. The van der Waals surface area contributed by atoms with Crippen molar-refractivity contribution in [2.45, 2.75) is 40.7 Å². The molecular weight excluding hydrogens is 449 g/mol. The van der Waals surface area contributed by atoms with E-state index in [4.69, 9.17) is 5.26 Å². The zero-order valence-corrected chi connectivity index (χ0v) is 22.1. The summed E-state index contributed by atoms with van der Waals surface area (Å²) in [6, 6.07) is 6.95. The van der Waals surface area contributed by atoms with Crippen molar-refractivity contribution in [3.63, 3.8) is 0 Å². The minimum absolute atomic E-state index is 0.348. The molecule has 0 unspecified atom stereocenters. The molecule has 0 fully saturated rings. The quantitative estimate of drug-likeness (QED) is 0.207. The zero-order chi connectivity index (χ0) is 27.4. The second-order valence-corrected chi connectivity index (χ2v) is 8.21. The standard InChI is InChI=1S/C28H31FN4.C2H5N/c1-9-10-19(4)32-26(13-17(2)18(3)15-30)23(8)31-16-24-11-12-25(29)27(14-24)33-28-21(6)20(5)22(28)7;1-3-2/h10-14,31,33H,3,5-6,8-9,16H2,1-2,4,7H3;1H2,2H3/b17-13+,19-10+,32-26-;. The molecule has 0 heterocycles. The maximum atomic E-state index is 14.4. The second kappa shape index (κ2) is 14.2. The number of hydrogen-bond donors (Lipinski definition) is 2. The molecule has 0 radical (unpaired) electrons. The molecule has 2 N–H and O–H groups in total. The number of anilines is 1. The lowest BCUT2D eigenvalue weighted by atomic mass is 9.85. The molecule has 0 saturated carbocycles. The first-order chi connectivity index (χ1) is 17.0. The van der Waals surface area contributed by atoms with Crippen molar-refractivity contribution < 1.29 is 4.39 Å². The first kappa shape index (κ1) is 29.8. The third kappa shape index (κ3) is 8.21. The van der Waals surface area contributed by atoms with Crippen LogP contribution in [-0.2, 0) is 6.54 Å². The normalized spacial score (nSPS) is 13.8. The Bertz CT molecular complexity index is 1230. The van der Waals surface area contributed by atoms with Crippen LogP contribution >= 0.6 is 0 Å². The molecular formula is C30H36FN5. The SMILES string of the molecule is C=C1C(=C)C(Nc2cc(CNC(=C)C(/C=C(\C)C(=C)C#N)=N\C(C)=C\CC)ccc2F)=C1C.C=NC. The van der Waals surface area contributed by atoms with Gasteiger partial charge in [-0.3, -0.25) is 4.99 Å². The van der Waals surface area contributed by atoms with Crippen LogP contribution in [0.15, 0.2) is 112 Å². The second-order valence-electron chi connectivity index (χ2n) is 8.21. The van der Waals surface area contributed by atoms with Gasteiger partial charge in [-0.2, -0.15) is 5.26 Å². The Hall–Kier alpha value is -4.24. The first-order valence-corrected chi connectivity index (χ1v) is 11.5. The Balaban J connectivity index is 0.00000205. The Labute approximate surface area is 215 Å². The molecule has 1 aromatic rings. The van der Waals surface area contributed by atoms with Crippen molar-refractivity contribution in [3.8, 4) is 6.07 Å². The Morgan fingerprint density at radius 3 is 2.39 bits per heavy atom. The van der Waals surface area contributed by atoms with Gasteiger partial charge in [-0.25, -0.2) is 4.39 Å². The van der Waals surface area contributed by atoms with Crippen LogP contribution in [0.25, 0.3) is 0 Å². The molecule has 0 aliphatic heterocycles. The highest BCUT2D eigenvalue weighted by atomic mass is 19.1. The summed E-state index contributed by atoms with van der Waals surface area (Å²) < 4.78 is 14.4. The molecule has 5 nitrogen and oxygen atoms in total. The summed E-state index contributed by atoms with van der Waals surface area (Å²) in [5, 5.41) is 15.5. The number of allylic oxidation sites excluding steroid dienone is 7. The van der Waals surface area contributed by atoms with Gasteiger partial charge in [0.2, 0.25) is 0 Å². The Morgan fingerprint density at radius 2 is 1.83 bits per heavy atom. The largest absolute Gasteiger partial charge is 0.380 e. The van der Waals surface area contributed by atoms with E-state index in [1.54, 1.807) is 25.3 Å². The van der Waals surface area contributed by atoms with E-state index in [-0.39, 0.29) is 5.82 Å². The average Bonchev–Trinajstić information content (AvgIpc) is 2.86. The third-order valence-electron chi connectivity index (χ3n) is 5.36. The summed E-state index contributed by atoms with van der Waals surface area (Å²) in [6.45, 7) is 27.0. The van der Waals surface area contributed by atoms with Crippen LogP contribution in [0, 0.1) is 17.1 Å². The summed E-state index contributed by atoms with van der Waals surface area (Å²) in [6.07, 6.45) is 4.65. The van der Waals surface area contributed by atoms with Crippen LogP contribution in [0.4, 0.5) is 10.1 Å². The first-order valence-electron chi connectivity index (χ1n) is 11.5. The molecule has 0 bridgehead atoms. The molecule has 1 aliphatic rings. The average molecular weight is 486 g/mol. The van der Waals surface area contributed by atoms with E-state index in [1.807, 2.05) is 33.8 Å². The predicted molar refractivity (Wildman–Crippen MR) is 152 cm³/mol. The molecule has 0 amide bonds. The maximum absolute atomic E-state index is 14.4. The molecule has 188 valence electrons. The van der Waals surface area contributed by atoms with Gasteiger partial charge in [0.1, 0.15) is 5.82 Å². The van der Waals surface area contributed by atoms with E-state index in [0.29, 0.717) is 34.8 Å². The van der Waals surface area contributed by atoms with E-state index < -0.39 is 0 Å². The number of halogens is 1. The third-order valence-corrected chi connectivity index (χ3v) is 5.36. The van der Waals surface area contributed by atoms with Crippen LogP contribution in [0.5, 0.6) is 0 Å². The van der Waals surface area contributed by atoms with Crippen LogP contribution in [0.2, 0.25) is 0 Å². The summed E-state index contributed by atoms with van der Waals surface area (Å²) in [5.41, 5.74) is 7.82. The summed E-state index contributed by atoms with van der Waals surface area (Å²) in [4.78, 5) is 7.89. The van der Waals surface area contributed by atoms with Crippen molar-refractivity contribution >= 4 is 18.1 Å². The fourth-order valence-electron chi connectivity index (χ4n) is 3.17. The van der Waals surface area contributed by atoms with E-state index in [1.165, 1.54) is 6.07 Å². The molecule has 1 aliphatic carbocycles. The highest BCUT2D eigenvalue weighted by molar-refractivity contribution is 6.08. The van der Waals surface area contributed by atoms with Gasteiger partial charge in [0, 0.05) is 30.6 Å². The number of aliphatic imine (C=N–C) groups is 2. The van der Waals surface area contributed by atoms with Gasteiger partial charge < -0.3 is 15.6 Å². The van der Waals surface area contributed by atoms with E-state index in [2.05, 4.69) is 59.7 Å². The minimum atomic E-state index is -0.348. The molecule has 0 atom stereocenters. The van der Waals surface area contributed by atoms with Crippen LogP contribution in [-0.4, -0.2) is 19.5 Å². The monoisotopic (exact) mass is 485 g/mol. The van der Waals surface area contributed by atoms with Gasteiger partial charge >= 0.3 is 0 Å². The van der Waals surface area contributed by atoms with Gasteiger partial charge in [0.05, 0.1) is 23.2 Å². The number of rotatable bonds is 10. The minimum Gasteiger partial charge on any atom is -0.380 e. The lowest BCUT2D eigenvalue weighted by molar-refractivity contribution is 0.630. The number of benzene rings is 1. The summed E-state index contributed by atoms with van der Waals surface area (Å²) in [7, 11) is 1.64. The highest BCUT2D eigenvalue weighted by Crippen LogP contribution is 2.37. The van der Waals surface area contributed by atoms with Gasteiger partial charge in [-0.15, -0.1) is 0 Å². The molecule has 0 saturated heterocycles. The highest BCUT2D eigenvalue weighted by Gasteiger charge is 2.23. The van der Waals surface area contributed by atoms with E-state index in [0.717, 1.165) is 40.1 Å². The number of nitrogens with zero attached hydrogens (tertiary/aromatic N) is 3. The Kier molecular flexibility index (Phi) is 11.8. The fraction of sp³-hybridized carbons (Fsp3) is 0.233. The smallest absolute Gasteiger partial charge is 0.146 e. The van der Waals surface area contributed by atoms with Crippen LogP contribution in [0.3, 0.4) is 0 Å². The molecule has 0 aromatic heterocycles. The van der Waals surface area contributed by atoms with Gasteiger partial charge in [-0.05, 0) is 80.0 Å². The van der Waals surface area contributed by atoms with E-state index >= 15 is 0 Å². The predicted octanol–water partition coefficient (Wildman–Crippen LogP) is 7.34. The lowest BCUT2D eigenvalue weighted by Crippen LogP contribution is -2.19. The molecule has 2 rings (SSSR count). The molecule has 1 aromatic carbocycles. The van der Waals surface area contributed by atoms with Gasteiger partial charge in [0.25, 0.3) is 0 Å². The van der Waals surface area contributed by atoms with Crippen molar-refractivity contribution in [1.29, 1.82) is 5.26 Å². The number of nitrogens with one attached hydrogen (secondary N) is 2. The van der Waals surface area contributed by atoms with Crippen molar-refractivity contribution in [2.24, 2.45) is 9.98 Å². The van der Waals surface area contributed by atoms with Gasteiger partial charge in [0.15, 0.2) is 0 Å². The van der Waals surface area contributed by atoms with Crippen molar-refractivity contribution in [1.82, 2.24) is 5.32 Å². The van der Waals surface area contributed by atoms with E-state index in [9.17, 15) is 4.39 Å². The van der Waals surface area contributed by atoms with Crippen LogP contribution < -0.4 is 10.6 Å². The van der Waals surface area contributed by atoms with Crippen molar-refractivity contribution in [2.75, 3.05) is 12.4 Å². The Morgan fingerprint density at radius 1 is 1.19 bits per heavy atom. The number of nitriles is 1. The number of hydrogen-bond acceptors (Lipinski definition) is 5. The van der Waals surface area contributed by atoms with Crippen LogP contribution in [0.1, 0.15) is 39.7 Å².